The average Bonchev–Trinajstić information content (AvgIpc) is 2.26. The zero-order chi connectivity index (χ0) is 13.1. The predicted molar refractivity (Wildman–Crippen MR) is 62.7 cm³/mol. The molecule has 1 aromatic heterocycles. The maximum absolute atomic E-state index is 11.1. The summed E-state index contributed by atoms with van der Waals surface area (Å²) in [5, 5.41) is 11.7. The van der Waals surface area contributed by atoms with Crippen LogP contribution in [0.2, 0.25) is 0 Å². The lowest BCUT2D eigenvalue weighted by Gasteiger charge is -2.21. The van der Waals surface area contributed by atoms with Crippen LogP contribution >= 0.6 is 0 Å². The molecular formula is C11H15N3O3. The molecule has 0 aliphatic rings. The van der Waals surface area contributed by atoms with Crippen molar-refractivity contribution in [3.8, 4) is 0 Å². The lowest BCUT2D eigenvalue weighted by molar-refractivity contribution is -0.125. The van der Waals surface area contributed by atoms with Gasteiger partial charge in [-0.05, 0) is 26.0 Å². The molecule has 0 aliphatic carbocycles. The van der Waals surface area contributed by atoms with Gasteiger partial charge in [-0.25, -0.2) is 9.78 Å². The average molecular weight is 237 g/mol. The molecule has 0 aromatic carbocycles. The minimum absolute atomic E-state index is 0.0492. The molecule has 0 bridgehead atoms. The third-order valence-corrected chi connectivity index (χ3v) is 2.38. The first-order valence-corrected chi connectivity index (χ1v) is 5.06. The van der Waals surface area contributed by atoms with Gasteiger partial charge in [0.1, 0.15) is 5.69 Å². The van der Waals surface area contributed by atoms with E-state index in [0.717, 1.165) is 0 Å². The summed E-state index contributed by atoms with van der Waals surface area (Å²) >= 11 is 0. The highest BCUT2D eigenvalue weighted by atomic mass is 16.4. The number of aromatic carboxylic acids is 1. The number of rotatable bonds is 5. The maximum Gasteiger partial charge on any atom is 0.354 e. The van der Waals surface area contributed by atoms with Crippen molar-refractivity contribution in [2.75, 3.05) is 11.9 Å². The summed E-state index contributed by atoms with van der Waals surface area (Å²) < 4.78 is 0. The van der Waals surface area contributed by atoms with Crippen LogP contribution in [0.1, 0.15) is 24.3 Å². The van der Waals surface area contributed by atoms with Crippen molar-refractivity contribution in [1.29, 1.82) is 0 Å². The smallest absolute Gasteiger partial charge is 0.354 e. The predicted octanol–water partition coefficient (Wildman–Crippen LogP) is 0.703. The molecule has 1 rings (SSSR count). The molecule has 0 aliphatic heterocycles. The van der Waals surface area contributed by atoms with Crippen LogP contribution in [0.5, 0.6) is 0 Å². The van der Waals surface area contributed by atoms with Crippen molar-refractivity contribution >= 4 is 17.6 Å². The zero-order valence-electron chi connectivity index (χ0n) is 9.73. The van der Waals surface area contributed by atoms with Crippen molar-refractivity contribution in [3.05, 3.63) is 24.0 Å². The summed E-state index contributed by atoms with van der Waals surface area (Å²) in [6.07, 6.45) is 1.39. The summed E-state index contributed by atoms with van der Waals surface area (Å²) in [4.78, 5) is 25.5. The molecule has 0 unspecified atom stereocenters. The summed E-state index contributed by atoms with van der Waals surface area (Å²) in [7, 11) is 0. The molecule has 0 fully saturated rings. The quantitative estimate of drug-likeness (QED) is 0.699. The Balaban J connectivity index is 2.73. The van der Waals surface area contributed by atoms with Gasteiger partial charge in [-0.1, -0.05) is 0 Å². The number of carboxylic acids is 1. The highest BCUT2D eigenvalue weighted by Crippen LogP contribution is 2.16. The highest BCUT2D eigenvalue weighted by Gasteiger charge is 2.24. The number of nitrogens with zero attached hydrogens (tertiary/aromatic N) is 1. The van der Waals surface area contributed by atoms with Crippen LogP contribution in [0.25, 0.3) is 0 Å². The van der Waals surface area contributed by atoms with Crippen molar-refractivity contribution in [1.82, 2.24) is 4.98 Å². The Morgan fingerprint density at radius 3 is 2.71 bits per heavy atom. The van der Waals surface area contributed by atoms with Crippen molar-refractivity contribution in [2.45, 2.75) is 13.8 Å². The van der Waals surface area contributed by atoms with Gasteiger partial charge in [0.05, 0.1) is 5.41 Å². The van der Waals surface area contributed by atoms with Crippen LogP contribution in [-0.2, 0) is 4.79 Å². The molecule has 0 radical (unpaired) electrons. The van der Waals surface area contributed by atoms with Crippen LogP contribution in [0.3, 0.4) is 0 Å². The Labute approximate surface area is 98.8 Å². The van der Waals surface area contributed by atoms with E-state index in [4.69, 9.17) is 10.8 Å². The van der Waals surface area contributed by atoms with Crippen LogP contribution in [-0.4, -0.2) is 28.5 Å². The number of carbonyl (C=O) groups is 2. The molecule has 6 nitrogen and oxygen atoms in total. The fourth-order valence-electron chi connectivity index (χ4n) is 1.07. The molecule has 1 aromatic rings. The Kier molecular flexibility index (Phi) is 3.67. The second-order valence-corrected chi connectivity index (χ2v) is 4.34. The minimum Gasteiger partial charge on any atom is -0.477 e. The van der Waals surface area contributed by atoms with E-state index in [-0.39, 0.29) is 5.69 Å². The number of anilines is 1. The number of carbonyl (C=O) groups excluding carboxylic acids is 1. The van der Waals surface area contributed by atoms with E-state index < -0.39 is 17.3 Å². The van der Waals surface area contributed by atoms with Gasteiger partial charge in [-0.2, -0.15) is 0 Å². The first-order valence-electron chi connectivity index (χ1n) is 5.06. The lowest BCUT2D eigenvalue weighted by atomic mass is 9.93. The number of nitrogens with two attached hydrogens (primary N) is 1. The molecule has 1 heterocycles. The van der Waals surface area contributed by atoms with Crippen LogP contribution in [0.15, 0.2) is 18.3 Å². The van der Waals surface area contributed by atoms with E-state index >= 15 is 0 Å². The lowest BCUT2D eigenvalue weighted by Crippen LogP contribution is -2.37. The molecule has 6 heteroatoms. The Morgan fingerprint density at radius 1 is 1.53 bits per heavy atom. The highest BCUT2D eigenvalue weighted by molar-refractivity contribution is 5.86. The molecule has 0 saturated heterocycles. The summed E-state index contributed by atoms with van der Waals surface area (Å²) in [6.45, 7) is 3.74. The number of aromatic nitrogens is 1. The van der Waals surface area contributed by atoms with Gasteiger partial charge < -0.3 is 16.2 Å². The summed E-state index contributed by atoms with van der Waals surface area (Å²) in [5.41, 5.74) is 5.07. The molecule has 4 N–H and O–H groups in total. The Morgan fingerprint density at radius 2 is 2.18 bits per heavy atom. The van der Waals surface area contributed by atoms with Crippen LogP contribution in [0.4, 0.5) is 5.69 Å². The number of hydrogen-bond donors (Lipinski definition) is 3. The largest absolute Gasteiger partial charge is 0.477 e. The van der Waals surface area contributed by atoms with Gasteiger partial charge in [0.25, 0.3) is 0 Å². The topological polar surface area (TPSA) is 105 Å². The minimum atomic E-state index is -1.09. The van der Waals surface area contributed by atoms with Gasteiger partial charge in [-0.3, -0.25) is 4.79 Å². The summed E-state index contributed by atoms with van der Waals surface area (Å²) in [5.74, 6) is -1.51. The Bertz CT molecular complexity index is 443. The van der Waals surface area contributed by atoms with Crippen molar-refractivity contribution < 1.29 is 14.7 Å². The third-order valence-electron chi connectivity index (χ3n) is 2.38. The first kappa shape index (κ1) is 13.0. The Hall–Kier alpha value is -2.11. The fourth-order valence-corrected chi connectivity index (χ4v) is 1.07. The normalized spacial score (nSPS) is 10.9. The van der Waals surface area contributed by atoms with E-state index in [2.05, 4.69) is 10.3 Å². The standard InChI is InChI=1S/C11H15N3O3/c1-11(2,10(12)17)6-14-7-3-4-13-8(5-7)9(15)16/h3-5H,6H2,1-2H3,(H2,12,17)(H,13,14)(H,15,16). The molecular weight excluding hydrogens is 222 g/mol. The maximum atomic E-state index is 11.1. The molecule has 1 amide bonds. The molecule has 17 heavy (non-hydrogen) atoms. The van der Waals surface area contributed by atoms with Gasteiger partial charge in [-0.15, -0.1) is 0 Å². The number of carboxylic acid groups (broad SMARTS) is 1. The van der Waals surface area contributed by atoms with Gasteiger partial charge in [0.15, 0.2) is 0 Å². The monoisotopic (exact) mass is 237 g/mol. The van der Waals surface area contributed by atoms with E-state index in [1.54, 1.807) is 19.9 Å². The number of nitrogens with one attached hydrogen (secondary N) is 1. The van der Waals surface area contributed by atoms with Crippen molar-refractivity contribution in [3.63, 3.8) is 0 Å². The van der Waals surface area contributed by atoms with Crippen LogP contribution in [0, 0.1) is 5.41 Å². The fraction of sp³-hybridized carbons (Fsp3) is 0.364. The molecule has 0 atom stereocenters. The SMILES string of the molecule is CC(C)(CNc1ccnc(C(=O)O)c1)C(N)=O. The number of amides is 1. The second kappa shape index (κ2) is 4.82. The van der Waals surface area contributed by atoms with Crippen LogP contribution < -0.4 is 11.1 Å². The third kappa shape index (κ3) is 3.44. The van der Waals surface area contributed by atoms with Gasteiger partial charge in [0.2, 0.25) is 5.91 Å². The number of hydrogen-bond acceptors (Lipinski definition) is 4. The number of pyridine rings is 1. The summed E-state index contributed by atoms with van der Waals surface area (Å²) in [6, 6.07) is 3.03. The van der Waals surface area contributed by atoms with Gasteiger partial charge in [0, 0.05) is 18.4 Å². The van der Waals surface area contributed by atoms with E-state index in [1.165, 1.54) is 12.3 Å². The zero-order valence-corrected chi connectivity index (χ0v) is 9.73. The molecule has 92 valence electrons. The van der Waals surface area contributed by atoms with E-state index in [9.17, 15) is 9.59 Å². The van der Waals surface area contributed by atoms with E-state index in [0.29, 0.717) is 12.2 Å². The van der Waals surface area contributed by atoms with Crippen molar-refractivity contribution in [2.24, 2.45) is 11.1 Å². The second-order valence-electron chi connectivity index (χ2n) is 4.34. The number of primary amides is 1. The van der Waals surface area contributed by atoms with E-state index in [1.807, 2.05) is 0 Å². The first-order chi connectivity index (χ1) is 7.83. The van der Waals surface area contributed by atoms with Gasteiger partial charge >= 0.3 is 5.97 Å². The molecule has 0 spiro atoms. The molecule has 0 saturated carbocycles.